The second kappa shape index (κ2) is 6.78. The van der Waals surface area contributed by atoms with E-state index in [2.05, 4.69) is 43.1 Å². The quantitative estimate of drug-likeness (QED) is 0.626. The van der Waals surface area contributed by atoms with Gasteiger partial charge in [0.2, 0.25) is 0 Å². The fourth-order valence-corrected chi connectivity index (χ4v) is 2.83. The molecule has 2 nitrogen and oxygen atoms in total. The molecule has 1 aromatic carbocycles. The van der Waals surface area contributed by atoms with Crippen molar-refractivity contribution in [2.75, 3.05) is 0 Å². The monoisotopic (exact) mass is 334 g/mol. The van der Waals surface area contributed by atoms with E-state index in [1.165, 1.54) is 4.90 Å². The highest BCUT2D eigenvalue weighted by atomic mass is 79.9. The van der Waals surface area contributed by atoms with Crippen molar-refractivity contribution >= 4 is 38.9 Å². The summed E-state index contributed by atoms with van der Waals surface area (Å²) in [5.41, 5.74) is 2.13. The van der Waals surface area contributed by atoms with Crippen LogP contribution in [0.3, 0.4) is 0 Å². The summed E-state index contributed by atoms with van der Waals surface area (Å²) in [4.78, 5) is 5.57. The van der Waals surface area contributed by atoms with Gasteiger partial charge in [-0.05, 0) is 52.1 Å². The lowest BCUT2D eigenvalue weighted by atomic mass is 10.4. The van der Waals surface area contributed by atoms with Crippen LogP contribution in [0.4, 0.5) is 0 Å². The second-order valence-electron chi connectivity index (χ2n) is 3.60. The van der Waals surface area contributed by atoms with E-state index in [1.807, 2.05) is 50.5 Å². The molecular formula is C15H15BrN2S. The predicted molar refractivity (Wildman–Crippen MR) is 86.5 cm³/mol. The highest BCUT2D eigenvalue weighted by molar-refractivity contribution is 9.10. The van der Waals surface area contributed by atoms with E-state index in [1.54, 1.807) is 11.9 Å². The molecule has 0 atom stereocenters. The van der Waals surface area contributed by atoms with Crippen LogP contribution in [-0.4, -0.2) is 8.96 Å². The van der Waals surface area contributed by atoms with Gasteiger partial charge in [0.15, 0.2) is 0 Å². The molecule has 19 heavy (non-hydrogen) atoms. The van der Waals surface area contributed by atoms with Gasteiger partial charge >= 0.3 is 0 Å². The van der Waals surface area contributed by atoms with Gasteiger partial charge in [0.25, 0.3) is 0 Å². The summed E-state index contributed by atoms with van der Waals surface area (Å²) in [6.45, 7) is 4.00. The molecule has 2 aromatic heterocycles. The van der Waals surface area contributed by atoms with Gasteiger partial charge in [0.1, 0.15) is 0 Å². The van der Waals surface area contributed by atoms with Crippen LogP contribution < -0.4 is 0 Å². The van der Waals surface area contributed by atoms with Crippen molar-refractivity contribution in [2.24, 2.45) is 0 Å². The van der Waals surface area contributed by atoms with Crippen molar-refractivity contribution in [3.63, 3.8) is 0 Å². The maximum atomic E-state index is 4.36. The Hall–Kier alpha value is -1.26. The van der Waals surface area contributed by atoms with Crippen LogP contribution in [-0.2, 0) is 0 Å². The molecular weight excluding hydrogens is 320 g/mol. The fourth-order valence-electron chi connectivity index (χ4n) is 1.64. The van der Waals surface area contributed by atoms with Crippen molar-refractivity contribution in [1.29, 1.82) is 0 Å². The highest BCUT2D eigenvalue weighted by Gasteiger charge is 2.04. The Labute approximate surface area is 126 Å². The topological polar surface area (TPSA) is 17.8 Å². The molecule has 0 unspecified atom stereocenters. The number of aromatic nitrogens is 2. The van der Waals surface area contributed by atoms with E-state index in [0.29, 0.717) is 0 Å². The Balaban J connectivity index is 0.000000637. The first kappa shape index (κ1) is 14.2. The molecule has 0 aliphatic carbocycles. The van der Waals surface area contributed by atoms with Crippen LogP contribution in [0.2, 0.25) is 0 Å². The number of benzene rings is 1. The zero-order valence-corrected chi connectivity index (χ0v) is 13.3. The normalized spacial score (nSPS) is 10.1. The van der Waals surface area contributed by atoms with Gasteiger partial charge in [0, 0.05) is 21.8 Å². The molecule has 3 rings (SSSR count). The van der Waals surface area contributed by atoms with E-state index in [4.69, 9.17) is 0 Å². The third kappa shape index (κ3) is 3.39. The van der Waals surface area contributed by atoms with E-state index >= 15 is 0 Å². The first-order valence-electron chi connectivity index (χ1n) is 6.19. The highest BCUT2D eigenvalue weighted by Crippen LogP contribution is 2.26. The van der Waals surface area contributed by atoms with Crippen molar-refractivity contribution in [3.8, 4) is 0 Å². The second-order valence-corrected chi connectivity index (χ2v) is 5.57. The number of halogens is 1. The number of hydrogen-bond acceptors (Lipinski definition) is 2. The summed E-state index contributed by atoms with van der Waals surface area (Å²) in [5.74, 6) is 0. The molecule has 98 valence electrons. The molecule has 4 heteroatoms. The van der Waals surface area contributed by atoms with Crippen molar-refractivity contribution in [1.82, 2.24) is 8.96 Å². The average molecular weight is 335 g/mol. The van der Waals surface area contributed by atoms with Gasteiger partial charge in [-0.2, -0.15) is 0 Å². The van der Waals surface area contributed by atoms with Gasteiger partial charge in [-0.15, -0.1) is 0 Å². The van der Waals surface area contributed by atoms with Crippen molar-refractivity contribution < 1.29 is 0 Å². The SMILES string of the molecule is Brc1cnc2ccn(Sc3ccccc3)c2c1.CC. The molecule has 0 fully saturated rings. The lowest BCUT2D eigenvalue weighted by molar-refractivity contribution is 1.30. The Morgan fingerprint density at radius 1 is 1.11 bits per heavy atom. The van der Waals surface area contributed by atoms with E-state index < -0.39 is 0 Å². The summed E-state index contributed by atoms with van der Waals surface area (Å²) in [6, 6.07) is 14.4. The zero-order valence-electron chi connectivity index (χ0n) is 10.9. The van der Waals surface area contributed by atoms with Crippen LogP contribution in [0.1, 0.15) is 13.8 Å². The van der Waals surface area contributed by atoms with Crippen LogP contribution in [0.5, 0.6) is 0 Å². The molecule has 0 saturated heterocycles. The average Bonchev–Trinajstić information content (AvgIpc) is 2.85. The Bertz CT molecular complexity index is 650. The third-order valence-electron chi connectivity index (χ3n) is 2.42. The standard InChI is InChI=1S/C13H9BrN2S.C2H6/c14-10-8-13-12(15-9-10)6-7-16(13)17-11-4-2-1-3-5-11;1-2/h1-9H;1-2H3. The Morgan fingerprint density at radius 2 is 1.84 bits per heavy atom. The largest absolute Gasteiger partial charge is 0.285 e. The predicted octanol–water partition coefficient (Wildman–Crippen LogP) is 5.38. The number of pyridine rings is 1. The summed E-state index contributed by atoms with van der Waals surface area (Å²) < 4.78 is 3.13. The van der Waals surface area contributed by atoms with Gasteiger partial charge in [-0.3, -0.25) is 8.96 Å². The maximum absolute atomic E-state index is 4.36. The van der Waals surface area contributed by atoms with Crippen molar-refractivity contribution in [2.45, 2.75) is 18.7 Å². The number of hydrogen-bond donors (Lipinski definition) is 0. The van der Waals surface area contributed by atoms with Crippen LogP contribution in [0.15, 0.2) is 64.2 Å². The zero-order chi connectivity index (χ0) is 13.7. The molecule has 2 heterocycles. The smallest absolute Gasteiger partial charge is 0.0891 e. The van der Waals surface area contributed by atoms with Crippen LogP contribution >= 0.6 is 27.9 Å². The summed E-state index contributed by atoms with van der Waals surface area (Å²) >= 11 is 5.14. The van der Waals surface area contributed by atoms with Crippen molar-refractivity contribution in [3.05, 3.63) is 59.3 Å². The summed E-state index contributed by atoms with van der Waals surface area (Å²) in [7, 11) is 0. The third-order valence-corrected chi connectivity index (χ3v) is 3.85. The minimum atomic E-state index is 0.999. The number of fused-ring (bicyclic) bond motifs is 1. The van der Waals surface area contributed by atoms with Gasteiger partial charge in [-0.25, -0.2) is 0 Å². The van der Waals surface area contributed by atoms with Gasteiger partial charge < -0.3 is 0 Å². The van der Waals surface area contributed by atoms with Gasteiger partial charge in [0.05, 0.1) is 11.0 Å². The van der Waals surface area contributed by atoms with Crippen LogP contribution in [0, 0.1) is 0 Å². The first-order chi connectivity index (χ1) is 9.33. The molecule has 0 N–H and O–H groups in total. The lowest BCUT2D eigenvalue weighted by Gasteiger charge is -2.03. The van der Waals surface area contributed by atoms with Gasteiger partial charge in [-0.1, -0.05) is 32.0 Å². The summed E-state index contributed by atoms with van der Waals surface area (Å²) in [5, 5.41) is 0. The first-order valence-corrected chi connectivity index (χ1v) is 7.75. The lowest BCUT2D eigenvalue weighted by Crippen LogP contribution is -1.85. The fraction of sp³-hybridized carbons (Fsp3) is 0.133. The molecule has 0 aliphatic heterocycles. The number of rotatable bonds is 2. The molecule has 0 amide bonds. The van der Waals surface area contributed by atoms with Crippen LogP contribution in [0.25, 0.3) is 11.0 Å². The molecule has 0 bridgehead atoms. The maximum Gasteiger partial charge on any atom is 0.0891 e. The molecule has 0 radical (unpaired) electrons. The molecule has 0 saturated carbocycles. The summed E-state index contributed by atoms with van der Waals surface area (Å²) in [6.07, 6.45) is 3.86. The number of nitrogens with zero attached hydrogens (tertiary/aromatic N) is 2. The molecule has 0 aliphatic rings. The molecule has 3 aromatic rings. The van der Waals surface area contributed by atoms with E-state index in [9.17, 15) is 0 Å². The van der Waals surface area contributed by atoms with E-state index in [-0.39, 0.29) is 0 Å². The molecule has 0 spiro atoms. The minimum absolute atomic E-state index is 0.999. The Morgan fingerprint density at radius 3 is 2.58 bits per heavy atom. The Kier molecular flexibility index (Phi) is 5.05. The minimum Gasteiger partial charge on any atom is -0.285 e. The van der Waals surface area contributed by atoms with E-state index in [0.717, 1.165) is 15.5 Å².